The van der Waals surface area contributed by atoms with Crippen molar-refractivity contribution in [3.05, 3.63) is 89.6 Å². The Hall–Kier alpha value is -4.13. The van der Waals surface area contributed by atoms with Crippen LogP contribution in [0.2, 0.25) is 0 Å². The molecule has 7 heteroatoms. The van der Waals surface area contributed by atoms with Crippen LogP contribution in [0.1, 0.15) is 33.8 Å². The summed E-state index contributed by atoms with van der Waals surface area (Å²) in [7, 11) is 0. The molecule has 0 aliphatic carbocycles. The Morgan fingerprint density at radius 3 is 2.62 bits per heavy atom. The number of aryl methyl sites for hydroxylation is 3. The summed E-state index contributed by atoms with van der Waals surface area (Å²) in [6.07, 6.45) is 2.63. The Morgan fingerprint density at radius 1 is 1.06 bits per heavy atom. The van der Waals surface area contributed by atoms with Crippen molar-refractivity contribution in [3.63, 3.8) is 0 Å². The number of para-hydroxylation sites is 2. The monoisotopic (exact) mass is 454 g/mol. The summed E-state index contributed by atoms with van der Waals surface area (Å²) in [5.41, 5.74) is 4.27. The minimum absolute atomic E-state index is 0.157. The van der Waals surface area contributed by atoms with E-state index in [0.717, 1.165) is 51.8 Å². The summed E-state index contributed by atoms with van der Waals surface area (Å²) in [5, 5.41) is 9.03. The van der Waals surface area contributed by atoms with Crippen LogP contribution in [0.3, 0.4) is 0 Å². The molecule has 0 unspecified atom stereocenters. The van der Waals surface area contributed by atoms with Gasteiger partial charge in [0.2, 0.25) is 0 Å². The molecular weight excluding hydrogens is 428 g/mol. The van der Waals surface area contributed by atoms with E-state index in [2.05, 4.69) is 26.1 Å². The van der Waals surface area contributed by atoms with Crippen molar-refractivity contribution < 1.29 is 14.1 Å². The van der Waals surface area contributed by atoms with Crippen molar-refractivity contribution in [1.29, 1.82) is 0 Å². The molecule has 0 fully saturated rings. The molecule has 172 valence electrons. The third-order valence-corrected chi connectivity index (χ3v) is 6.03. The average Bonchev–Trinajstić information content (AvgIpc) is 3.42. The van der Waals surface area contributed by atoms with Gasteiger partial charge in [-0.05, 0) is 55.3 Å². The highest BCUT2D eigenvalue weighted by molar-refractivity contribution is 6.01. The van der Waals surface area contributed by atoms with Crippen LogP contribution < -0.4 is 10.1 Å². The van der Waals surface area contributed by atoms with Gasteiger partial charge in [0.15, 0.2) is 0 Å². The number of hydrogen-bond donors (Lipinski definition) is 1. The second-order valence-electron chi connectivity index (χ2n) is 8.32. The quantitative estimate of drug-likeness (QED) is 0.326. The number of imidazole rings is 1. The average molecular weight is 455 g/mol. The lowest BCUT2D eigenvalue weighted by Gasteiger charge is -2.14. The maximum absolute atomic E-state index is 13.1. The van der Waals surface area contributed by atoms with E-state index in [0.29, 0.717) is 17.9 Å². The lowest BCUT2D eigenvalue weighted by atomic mass is 10.1. The molecule has 3 aromatic carbocycles. The molecule has 0 spiro atoms. The standard InChI is InChI=1S/C27H26N4O3/c1-18-23(19(2)34-30-18)16-33-26-15-21-9-4-3-8-20(21)14-22(26)27(32)28-12-7-13-31-17-29-24-10-5-6-11-25(24)31/h3-6,8-11,14-15,17H,7,12-13,16H2,1-2H3,(H,28,32). The van der Waals surface area contributed by atoms with Gasteiger partial charge in [-0.15, -0.1) is 0 Å². The van der Waals surface area contributed by atoms with Crippen LogP contribution in [0.25, 0.3) is 21.8 Å². The van der Waals surface area contributed by atoms with E-state index in [-0.39, 0.29) is 12.5 Å². The Bertz CT molecular complexity index is 1450. The van der Waals surface area contributed by atoms with Gasteiger partial charge in [-0.2, -0.15) is 0 Å². The van der Waals surface area contributed by atoms with Crippen LogP contribution in [-0.2, 0) is 13.2 Å². The molecule has 34 heavy (non-hydrogen) atoms. The van der Waals surface area contributed by atoms with Crippen LogP contribution in [0, 0.1) is 13.8 Å². The van der Waals surface area contributed by atoms with Gasteiger partial charge in [0.05, 0.1) is 34.2 Å². The van der Waals surface area contributed by atoms with Crippen molar-refractivity contribution in [2.75, 3.05) is 6.54 Å². The molecule has 0 saturated carbocycles. The number of carbonyl (C=O) groups excluding carboxylic acids is 1. The molecule has 0 aliphatic rings. The summed E-state index contributed by atoms with van der Waals surface area (Å²) in [6.45, 7) is 5.34. The van der Waals surface area contributed by atoms with Crippen molar-refractivity contribution in [1.82, 2.24) is 20.0 Å². The largest absolute Gasteiger partial charge is 0.488 e. The molecule has 0 bridgehead atoms. The fourth-order valence-corrected chi connectivity index (χ4v) is 4.11. The SMILES string of the molecule is Cc1noc(C)c1COc1cc2ccccc2cc1C(=O)NCCCn1cnc2ccccc21. The second-order valence-corrected chi connectivity index (χ2v) is 8.32. The number of amides is 1. The zero-order valence-corrected chi connectivity index (χ0v) is 19.2. The van der Waals surface area contributed by atoms with Gasteiger partial charge in [-0.1, -0.05) is 41.6 Å². The van der Waals surface area contributed by atoms with Crippen molar-refractivity contribution in [2.45, 2.75) is 33.4 Å². The van der Waals surface area contributed by atoms with Crippen molar-refractivity contribution >= 4 is 27.7 Å². The van der Waals surface area contributed by atoms with Gasteiger partial charge in [-0.25, -0.2) is 4.98 Å². The lowest BCUT2D eigenvalue weighted by molar-refractivity contribution is 0.0948. The number of fused-ring (bicyclic) bond motifs is 2. The molecular formula is C27H26N4O3. The summed E-state index contributed by atoms with van der Waals surface area (Å²) >= 11 is 0. The first kappa shape index (κ1) is 21.7. The normalized spacial score (nSPS) is 11.2. The number of rotatable bonds is 8. The molecule has 0 saturated heterocycles. The molecule has 0 atom stereocenters. The Morgan fingerprint density at radius 2 is 1.82 bits per heavy atom. The number of nitrogens with one attached hydrogen (secondary N) is 1. The van der Waals surface area contributed by atoms with Gasteiger partial charge in [0.1, 0.15) is 18.1 Å². The minimum Gasteiger partial charge on any atom is -0.488 e. The third-order valence-electron chi connectivity index (χ3n) is 6.03. The first-order chi connectivity index (χ1) is 16.6. The first-order valence-corrected chi connectivity index (χ1v) is 11.4. The molecule has 2 heterocycles. The van der Waals surface area contributed by atoms with Crippen LogP contribution in [0.4, 0.5) is 0 Å². The highest BCUT2D eigenvalue weighted by Gasteiger charge is 2.16. The fraction of sp³-hybridized carbons (Fsp3) is 0.222. The maximum atomic E-state index is 13.1. The number of aromatic nitrogens is 3. The zero-order valence-electron chi connectivity index (χ0n) is 19.2. The Balaban J connectivity index is 1.29. The molecule has 0 radical (unpaired) electrons. The van der Waals surface area contributed by atoms with E-state index in [1.54, 1.807) is 0 Å². The number of nitrogens with zero attached hydrogens (tertiary/aromatic N) is 3. The van der Waals surface area contributed by atoms with E-state index in [9.17, 15) is 4.79 Å². The highest BCUT2D eigenvalue weighted by atomic mass is 16.5. The van der Waals surface area contributed by atoms with E-state index < -0.39 is 0 Å². The van der Waals surface area contributed by atoms with Crippen molar-refractivity contribution in [3.8, 4) is 5.75 Å². The predicted octanol–water partition coefficient (Wildman–Crippen LogP) is 5.19. The van der Waals surface area contributed by atoms with Gasteiger partial charge < -0.3 is 19.1 Å². The summed E-state index contributed by atoms with van der Waals surface area (Å²) in [6, 6.07) is 19.8. The number of carbonyl (C=O) groups is 1. The second kappa shape index (κ2) is 9.39. The first-order valence-electron chi connectivity index (χ1n) is 11.4. The third kappa shape index (κ3) is 4.37. The molecule has 5 rings (SSSR count). The number of ether oxygens (including phenoxy) is 1. The summed E-state index contributed by atoms with van der Waals surface area (Å²) in [4.78, 5) is 17.6. The van der Waals surface area contributed by atoms with E-state index in [1.165, 1.54) is 0 Å². The Labute approximate surface area is 197 Å². The molecule has 2 aromatic heterocycles. The number of hydrogen-bond acceptors (Lipinski definition) is 5. The molecule has 1 amide bonds. The lowest BCUT2D eigenvalue weighted by Crippen LogP contribution is -2.25. The van der Waals surface area contributed by atoms with Crippen LogP contribution in [0.5, 0.6) is 5.75 Å². The topological polar surface area (TPSA) is 82.2 Å². The van der Waals surface area contributed by atoms with Gasteiger partial charge in [0, 0.05) is 13.1 Å². The number of benzene rings is 3. The van der Waals surface area contributed by atoms with E-state index >= 15 is 0 Å². The molecule has 7 nitrogen and oxygen atoms in total. The van der Waals surface area contributed by atoms with Gasteiger partial charge in [0.25, 0.3) is 5.91 Å². The molecule has 1 N–H and O–H groups in total. The van der Waals surface area contributed by atoms with Crippen LogP contribution in [-0.4, -0.2) is 27.2 Å². The smallest absolute Gasteiger partial charge is 0.255 e. The molecule has 5 aromatic rings. The van der Waals surface area contributed by atoms with Gasteiger partial charge in [-0.3, -0.25) is 4.79 Å². The van der Waals surface area contributed by atoms with Gasteiger partial charge >= 0.3 is 0 Å². The van der Waals surface area contributed by atoms with Crippen molar-refractivity contribution in [2.24, 2.45) is 0 Å². The summed E-state index contributed by atoms with van der Waals surface area (Å²) in [5.74, 6) is 1.10. The van der Waals surface area contributed by atoms with E-state index in [4.69, 9.17) is 9.26 Å². The highest BCUT2D eigenvalue weighted by Crippen LogP contribution is 2.28. The summed E-state index contributed by atoms with van der Waals surface area (Å²) < 4.78 is 13.5. The predicted molar refractivity (Wildman–Crippen MR) is 131 cm³/mol. The zero-order chi connectivity index (χ0) is 23.5. The van der Waals surface area contributed by atoms with Crippen LogP contribution >= 0.6 is 0 Å². The minimum atomic E-state index is -0.157. The van der Waals surface area contributed by atoms with Crippen LogP contribution in [0.15, 0.2) is 71.5 Å². The fourth-order valence-electron chi connectivity index (χ4n) is 4.11. The maximum Gasteiger partial charge on any atom is 0.255 e. The Kier molecular flexibility index (Phi) is 5.99. The van der Waals surface area contributed by atoms with E-state index in [1.807, 2.05) is 74.8 Å². The molecule has 0 aliphatic heterocycles.